The first-order valence-corrected chi connectivity index (χ1v) is 6.62. The van der Waals surface area contributed by atoms with Gasteiger partial charge in [0.25, 0.3) is 5.69 Å². The van der Waals surface area contributed by atoms with Crippen LogP contribution in [0.1, 0.15) is 5.56 Å². The van der Waals surface area contributed by atoms with E-state index in [9.17, 15) is 10.1 Å². The highest BCUT2D eigenvalue weighted by Crippen LogP contribution is 2.24. The normalized spacial score (nSPS) is 10.8. The molecular formula is C12H10ClN7O2. The third kappa shape index (κ3) is 2.66. The highest BCUT2D eigenvalue weighted by molar-refractivity contribution is 6.31. The van der Waals surface area contributed by atoms with Gasteiger partial charge in [0.05, 0.1) is 4.92 Å². The fraction of sp³-hybridized carbons (Fsp3) is 0.167. The van der Waals surface area contributed by atoms with Crippen LogP contribution in [-0.4, -0.2) is 37.2 Å². The second-order valence-electron chi connectivity index (χ2n) is 4.61. The second kappa shape index (κ2) is 5.53. The number of fused-ring (bicyclic) bond motifs is 1. The number of nitro benzene ring substituents is 1. The van der Waals surface area contributed by atoms with Crippen LogP contribution in [0.5, 0.6) is 0 Å². The van der Waals surface area contributed by atoms with Crippen molar-refractivity contribution in [1.82, 2.24) is 25.3 Å². The standard InChI is InChI=1S/C12H10ClN7O2/c1-18(12-5-4-11-14-16-17-19(11)15-12)7-8-6-9(20(21)22)2-3-10(8)13/h2-6H,7H2,1H3. The molecule has 0 aliphatic heterocycles. The van der Waals surface area contributed by atoms with Gasteiger partial charge in [0.15, 0.2) is 11.5 Å². The Morgan fingerprint density at radius 3 is 2.95 bits per heavy atom. The Balaban J connectivity index is 1.88. The van der Waals surface area contributed by atoms with Crippen LogP contribution in [0, 0.1) is 10.1 Å². The molecule has 2 heterocycles. The first-order valence-electron chi connectivity index (χ1n) is 6.24. The maximum absolute atomic E-state index is 10.8. The first-order chi connectivity index (χ1) is 10.5. The number of halogens is 1. The van der Waals surface area contributed by atoms with Crippen LogP contribution >= 0.6 is 11.6 Å². The number of non-ortho nitro benzene ring substituents is 1. The van der Waals surface area contributed by atoms with Crippen LogP contribution in [-0.2, 0) is 6.54 Å². The molecule has 0 aliphatic carbocycles. The van der Waals surface area contributed by atoms with Crippen molar-refractivity contribution in [3.8, 4) is 0 Å². The van der Waals surface area contributed by atoms with Crippen molar-refractivity contribution >= 4 is 28.8 Å². The molecule has 0 aliphatic rings. The van der Waals surface area contributed by atoms with E-state index < -0.39 is 4.92 Å². The largest absolute Gasteiger partial charge is 0.354 e. The van der Waals surface area contributed by atoms with Crippen LogP contribution in [0.4, 0.5) is 11.5 Å². The van der Waals surface area contributed by atoms with Gasteiger partial charge in [-0.15, -0.1) is 14.8 Å². The van der Waals surface area contributed by atoms with Gasteiger partial charge in [-0.3, -0.25) is 10.1 Å². The van der Waals surface area contributed by atoms with E-state index >= 15 is 0 Å². The van der Waals surface area contributed by atoms with Crippen LogP contribution in [0.15, 0.2) is 30.3 Å². The Bertz CT molecular complexity index is 850. The Labute approximate surface area is 129 Å². The summed E-state index contributed by atoms with van der Waals surface area (Å²) >= 11 is 6.10. The van der Waals surface area contributed by atoms with Crippen LogP contribution < -0.4 is 4.90 Å². The molecule has 0 saturated carbocycles. The summed E-state index contributed by atoms with van der Waals surface area (Å²) in [7, 11) is 1.80. The van der Waals surface area contributed by atoms with Gasteiger partial charge < -0.3 is 4.90 Å². The van der Waals surface area contributed by atoms with Gasteiger partial charge in [-0.1, -0.05) is 11.6 Å². The fourth-order valence-corrected chi connectivity index (χ4v) is 2.15. The number of anilines is 1. The molecule has 1 aromatic carbocycles. The van der Waals surface area contributed by atoms with Gasteiger partial charge in [0, 0.05) is 30.7 Å². The molecule has 10 heteroatoms. The van der Waals surface area contributed by atoms with Gasteiger partial charge in [0.1, 0.15) is 0 Å². The Morgan fingerprint density at radius 1 is 1.36 bits per heavy atom. The number of hydrogen-bond acceptors (Lipinski definition) is 7. The Hall–Kier alpha value is -2.81. The first kappa shape index (κ1) is 14.1. The number of tetrazole rings is 1. The van der Waals surface area contributed by atoms with Gasteiger partial charge in [-0.2, -0.15) is 0 Å². The van der Waals surface area contributed by atoms with E-state index in [0.29, 0.717) is 28.6 Å². The molecule has 0 spiro atoms. The lowest BCUT2D eigenvalue weighted by molar-refractivity contribution is -0.384. The lowest BCUT2D eigenvalue weighted by Gasteiger charge is -2.18. The lowest BCUT2D eigenvalue weighted by atomic mass is 10.2. The smallest absolute Gasteiger partial charge is 0.269 e. The number of nitro groups is 1. The summed E-state index contributed by atoms with van der Waals surface area (Å²) in [4.78, 5) is 12.2. The molecule has 112 valence electrons. The third-order valence-electron chi connectivity index (χ3n) is 3.09. The van der Waals surface area contributed by atoms with Gasteiger partial charge in [-0.25, -0.2) is 0 Å². The number of hydrogen-bond donors (Lipinski definition) is 0. The zero-order chi connectivity index (χ0) is 15.7. The average Bonchev–Trinajstić information content (AvgIpc) is 2.96. The van der Waals surface area contributed by atoms with Crippen molar-refractivity contribution in [2.24, 2.45) is 0 Å². The van der Waals surface area contributed by atoms with E-state index in [-0.39, 0.29) is 5.69 Å². The van der Waals surface area contributed by atoms with Gasteiger partial charge in [0.2, 0.25) is 0 Å². The molecule has 0 radical (unpaired) electrons. The number of rotatable bonds is 4. The molecule has 3 rings (SSSR count). The fourth-order valence-electron chi connectivity index (χ4n) is 1.98. The van der Waals surface area contributed by atoms with Gasteiger partial charge >= 0.3 is 0 Å². The Kier molecular flexibility index (Phi) is 3.55. The quantitative estimate of drug-likeness (QED) is 0.532. The minimum Gasteiger partial charge on any atom is -0.354 e. The van der Waals surface area contributed by atoms with E-state index in [1.54, 1.807) is 24.1 Å². The molecule has 0 saturated heterocycles. The van der Waals surface area contributed by atoms with Crippen LogP contribution in [0.3, 0.4) is 0 Å². The summed E-state index contributed by atoms with van der Waals surface area (Å²) < 4.78 is 1.31. The lowest BCUT2D eigenvalue weighted by Crippen LogP contribution is -2.19. The maximum Gasteiger partial charge on any atom is 0.269 e. The number of nitrogens with zero attached hydrogens (tertiary/aromatic N) is 7. The molecule has 0 unspecified atom stereocenters. The van der Waals surface area contributed by atoms with E-state index in [2.05, 4.69) is 20.6 Å². The summed E-state index contributed by atoms with van der Waals surface area (Å²) in [5.74, 6) is 0.613. The molecule has 22 heavy (non-hydrogen) atoms. The monoisotopic (exact) mass is 319 g/mol. The third-order valence-corrected chi connectivity index (χ3v) is 3.46. The summed E-state index contributed by atoms with van der Waals surface area (Å²) in [6.45, 7) is 0.362. The topological polar surface area (TPSA) is 102 Å². The molecule has 9 nitrogen and oxygen atoms in total. The summed E-state index contributed by atoms with van der Waals surface area (Å²) in [5.41, 5.74) is 1.17. The predicted molar refractivity (Wildman–Crippen MR) is 78.8 cm³/mol. The van der Waals surface area contributed by atoms with E-state index in [4.69, 9.17) is 11.6 Å². The summed E-state index contributed by atoms with van der Waals surface area (Å²) in [6.07, 6.45) is 0. The summed E-state index contributed by atoms with van der Waals surface area (Å²) in [5, 5.41) is 26.6. The zero-order valence-electron chi connectivity index (χ0n) is 11.4. The SMILES string of the molecule is CN(Cc1cc([N+](=O)[O-])ccc1Cl)c1ccc2nnnn2n1. The van der Waals surface area contributed by atoms with Crippen LogP contribution in [0.2, 0.25) is 5.02 Å². The molecule has 0 bridgehead atoms. The minimum absolute atomic E-state index is 0.00307. The number of benzene rings is 1. The highest BCUT2D eigenvalue weighted by atomic mass is 35.5. The van der Waals surface area contributed by atoms with Crippen molar-refractivity contribution in [2.75, 3.05) is 11.9 Å². The van der Waals surface area contributed by atoms with Crippen molar-refractivity contribution in [2.45, 2.75) is 6.54 Å². The molecule has 0 N–H and O–H groups in total. The zero-order valence-corrected chi connectivity index (χ0v) is 12.2. The molecule has 3 aromatic rings. The van der Waals surface area contributed by atoms with Crippen molar-refractivity contribution < 1.29 is 4.92 Å². The second-order valence-corrected chi connectivity index (χ2v) is 5.01. The van der Waals surface area contributed by atoms with Crippen molar-refractivity contribution in [3.05, 3.63) is 51.0 Å². The molecule has 0 atom stereocenters. The van der Waals surface area contributed by atoms with E-state index in [1.807, 2.05) is 0 Å². The molecular weight excluding hydrogens is 310 g/mol. The predicted octanol–water partition coefficient (Wildman–Crippen LogP) is 1.72. The highest BCUT2D eigenvalue weighted by Gasteiger charge is 2.13. The van der Waals surface area contributed by atoms with E-state index in [1.165, 1.54) is 22.8 Å². The molecule has 0 amide bonds. The van der Waals surface area contributed by atoms with Crippen molar-refractivity contribution in [3.63, 3.8) is 0 Å². The van der Waals surface area contributed by atoms with Crippen LogP contribution in [0.25, 0.3) is 5.65 Å². The van der Waals surface area contributed by atoms with Gasteiger partial charge in [-0.05, 0) is 34.2 Å². The summed E-state index contributed by atoms with van der Waals surface area (Å²) in [6, 6.07) is 7.83. The van der Waals surface area contributed by atoms with Crippen molar-refractivity contribution in [1.29, 1.82) is 0 Å². The maximum atomic E-state index is 10.8. The number of aromatic nitrogens is 5. The molecule has 0 fully saturated rings. The Morgan fingerprint density at radius 2 is 2.18 bits per heavy atom. The molecule has 2 aromatic heterocycles. The van der Waals surface area contributed by atoms with E-state index in [0.717, 1.165) is 0 Å². The average molecular weight is 320 g/mol. The minimum atomic E-state index is -0.453.